The molecule has 0 aliphatic carbocycles. The first-order valence-corrected chi connectivity index (χ1v) is 8.28. The lowest BCUT2D eigenvalue weighted by Crippen LogP contribution is -2.62. The summed E-state index contributed by atoms with van der Waals surface area (Å²) in [4.78, 5) is 12.6. The van der Waals surface area contributed by atoms with Gasteiger partial charge in [-0.15, -0.1) is 0 Å². The molecule has 1 aliphatic rings. The second kappa shape index (κ2) is 7.32. The first-order chi connectivity index (χ1) is 8.61. The van der Waals surface area contributed by atoms with E-state index in [1.165, 1.54) is 0 Å². The largest absolute Gasteiger partial charge is 0.576 e. The van der Waals surface area contributed by atoms with Crippen LogP contribution in [0.1, 0.15) is 27.2 Å². The molecule has 0 aromatic rings. The Labute approximate surface area is 110 Å². The van der Waals surface area contributed by atoms with Crippen molar-refractivity contribution in [3.8, 4) is 0 Å². The minimum Gasteiger partial charge on any atom is -0.369 e. The molecule has 18 heavy (non-hydrogen) atoms. The zero-order valence-corrected chi connectivity index (χ0v) is 12.4. The Kier molecular flexibility index (Phi) is 6.40. The highest BCUT2D eigenvalue weighted by molar-refractivity contribution is 6.93. The van der Waals surface area contributed by atoms with Crippen LogP contribution in [0.3, 0.4) is 0 Å². The van der Waals surface area contributed by atoms with Gasteiger partial charge in [-0.3, -0.25) is 4.79 Å². The fourth-order valence-electron chi connectivity index (χ4n) is 2.11. The van der Waals surface area contributed by atoms with Crippen LogP contribution in [0.4, 0.5) is 0 Å². The maximum absolute atomic E-state index is 12.6. The molecule has 0 amide bonds. The summed E-state index contributed by atoms with van der Waals surface area (Å²) in [5.74, 6) is 0. The van der Waals surface area contributed by atoms with Crippen molar-refractivity contribution in [1.29, 1.82) is 0 Å². The Bertz CT molecular complexity index is 261. The standard InChI is InChI=1S/C11H24N2O4Si/c1-4-15-18(16-5-2,17-6-3)11(14)10-9(12)7-8-13-10/h9-10,13H,4-8,12H2,1-3H3/t9?,10-/m0/s1. The van der Waals surface area contributed by atoms with Gasteiger partial charge in [-0.05, 0) is 33.7 Å². The summed E-state index contributed by atoms with van der Waals surface area (Å²) in [5.41, 5.74) is 5.94. The van der Waals surface area contributed by atoms with Crippen molar-refractivity contribution in [1.82, 2.24) is 5.32 Å². The van der Waals surface area contributed by atoms with E-state index in [4.69, 9.17) is 19.0 Å². The first-order valence-electron chi connectivity index (χ1n) is 6.56. The quantitative estimate of drug-likeness (QED) is 0.599. The van der Waals surface area contributed by atoms with Crippen molar-refractivity contribution in [2.45, 2.75) is 39.3 Å². The molecule has 3 N–H and O–H groups in total. The summed E-state index contributed by atoms with van der Waals surface area (Å²) < 4.78 is 16.7. The van der Waals surface area contributed by atoms with Gasteiger partial charge < -0.3 is 24.3 Å². The molecule has 6 nitrogen and oxygen atoms in total. The van der Waals surface area contributed by atoms with E-state index >= 15 is 0 Å². The van der Waals surface area contributed by atoms with Gasteiger partial charge in [0.1, 0.15) is 0 Å². The second-order valence-electron chi connectivity index (χ2n) is 4.10. The molecule has 2 atom stereocenters. The highest BCUT2D eigenvalue weighted by Gasteiger charge is 2.54. The molecule has 0 aromatic carbocycles. The van der Waals surface area contributed by atoms with E-state index < -0.39 is 14.8 Å². The smallest absolute Gasteiger partial charge is 0.369 e. The summed E-state index contributed by atoms with van der Waals surface area (Å²) in [6.45, 7) is 7.39. The number of carbonyl (C=O) groups is 1. The van der Waals surface area contributed by atoms with Crippen LogP contribution in [0, 0.1) is 0 Å². The zero-order chi connectivity index (χ0) is 13.6. The third-order valence-corrected chi connectivity index (χ3v) is 5.78. The Balaban J connectivity index is 2.88. The molecule has 1 fully saturated rings. The maximum Gasteiger partial charge on any atom is 0.576 e. The lowest BCUT2D eigenvalue weighted by atomic mass is 10.2. The van der Waals surface area contributed by atoms with Crippen LogP contribution in [0.15, 0.2) is 0 Å². The van der Waals surface area contributed by atoms with Gasteiger partial charge in [-0.2, -0.15) is 0 Å². The van der Waals surface area contributed by atoms with E-state index in [1.807, 2.05) is 20.8 Å². The molecule has 0 bridgehead atoms. The number of nitrogens with one attached hydrogen (secondary N) is 1. The van der Waals surface area contributed by atoms with Gasteiger partial charge >= 0.3 is 8.80 Å². The molecule has 0 spiro atoms. The molecule has 0 radical (unpaired) electrons. The Hall–Kier alpha value is -0.313. The van der Waals surface area contributed by atoms with Crippen molar-refractivity contribution in [3.05, 3.63) is 0 Å². The molecule has 1 unspecified atom stereocenters. The van der Waals surface area contributed by atoms with Crippen molar-refractivity contribution < 1.29 is 18.1 Å². The minimum absolute atomic E-state index is 0.141. The third-order valence-electron chi connectivity index (χ3n) is 2.86. The third kappa shape index (κ3) is 3.37. The fourth-order valence-corrected chi connectivity index (χ4v) is 4.62. The lowest BCUT2D eigenvalue weighted by molar-refractivity contribution is -0.121. The van der Waals surface area contributed by atoms with Crippen LogP contribution >= 0.6 is 0 Å². The normalized spacial score (nSPS) is 24.4. The number of hydrogen-bond donors (Lipinski definition) is 2. The minimum atomic E-state index is -3.29. The molecule has 106 valence electrons. The van der Waals surface area contributed by atoms with Crippen LogP contribution < -0.4 is 11.1 Å². The highest BCUT2D eigenvalue weighted by atomic mass is 28.4. The number of hydrogen-bond acceptors (Lipinski definition) is 6. The van der Waals surface area contributed by atoms with Crippen LogP contribution in [0.5, 0.6) is 0 Å². The molecule has 0 aromatic heterocycles. The SMILES string of the molecule is CCO[Si](OCC)(OCC)C(=O)[C@H]1NCCC1N. The molecule has 1 aliphatic heterocycles. The molecular weight excluding hydrogens is 252 g/mol. The molecule has 1 saturated heterocycles. The summed E-state index contributed by atoms with van der Waals surface area (Å²) in [6.07, 6.45) is 0.783. The molecule has 1 heterocycles. The average molecular weight is 276 g/mol. The van der Waals surface area contributed by atoms with E-state index in [1.54, 1.807) is 0 Å². The molecule has 7 heteroatoms. The van der Waals surface area contributed by atoms with Crippen LogP contribution in [0.25, 0.3) is 0 Å². The van der Waals surface area contributed by atoms with E-state index in [0.29, 0.717) is 19.8 Å². The van der Waals surface area contributed by atoms with E-state index in [2.05, 4.69) is 5.32 Å². The van der Waals surface area contributed by atoms with Gasteiger partial charge in [0.25, 0.3) is 0 Å². The zero-order valence-electron chi connectivity index (χ0n) is 11.4. The monoisotopic (exact) mass is 276 g/mol. The predicted octanol–water partition coefficient (Wildman–Crippen LogP) is -0.168. The van der Waals surface area contributed by atoms with E-state index in [0.717, 1.165) is 13.0 Å². The number of carbonyl (C=O) groups excluding carboxylic acids is 1. The van der Waals surface area contributed by atoms with Crippen LogP contribution in [-0.4, -0.2) is 52.7 Å². The Morgan fingerprint density at radius 3 is 2.06 bits per heavy atom. The van der Waals surface area contributed by atoms with Gasteiger partial charge in [-0.25, -0.2) is 0 Å². The Morgan fingerprint density at radius 1 is 1.22 bits per heavy atom. The lowest BCUT2D eigenvalue weighted by Gasteiger charge is -2.29. The van der Waals surface area contributed by atoms with Gasteiger partial charge in [-0.1, -0.05) is 0 Å². The second-order valence-corrected chi connectivity index (χ2v) is 6.57. The van der Waals surface area contributed by atoms with E-state index in [-0.39, 0.29) is 11.4 Å². The number of rotatable bonds is 8. The molecule has 0 saturated carbocycles. The van der Waals surface area contributed by atoms with Gasteiger partial charge in [0.2, 0.25) is 5.41 Å². The van der Waals surface area contributed by atoms with Crippen molar-refractivity contribution in [2.24, 2.45) is 5.73 Å². The van der Waals surface area contributed by atoms with E-state index in [9.17, 15) is 4.79 Å². The van der Waals surface area contributed by atoms with Crippen LogP contribution in [0.2, 0.25) is 0 Å². The van der Waals surface area contributed by atoms with Gasteiger partial charge in [0.15, 0.2) is 0 Å². The summed E-state index contributed by atoms with van der Waals surface area (Å²) in [7, 11) is -3.29. The summed E-state index contributed by atoms with van der Waals surface area (Å²) >= 11 is 0. The maximum atomic E-state index is 12.6. The number of nitrogens with two attached hydrogens (primary N) is 1. The predicted molar refractivity (Wildman–Crippen MR) is 70.0 cm³/mol. The van der Waals surface area contributed by atoms with Gasteiger partial charge in [0.05, 0.1) is 6.04 Å². The fraction of sp³-hybridized carbons (Fsp3) is 0.909. The Morgan fingerprint density at radius 2 is 1.72 bits per heavy atom. The van der Waals surface area contributed by atoms with Gasteiger partial charge in [0, 0.05) is 25.9 Å². The summed E-state index contributed by atoms with van der Waals surface area (Å²) in [5, 5.41) is 2.97. The molecular formula is C11H24N2O4Si. The van der Waals surface area contributed by atoms with Crippen molar-refractivity contribution in [2.75, 3.05) is 26.4 Å². The first kappa shape index (κ1) is 15.7. The highest BCUT2D eigenvalue weighted by Crippen LogP contribution is 2.18. The average Bonchev–Trinajstić information content (AvgIpc) is 2.75. The molecule has 1 rings (SSSR count). The summed E-state index contributed by atoms with van der Waals surface area (Å²) in [6, 6.07) is -0.605. The van der Waals surface area contributed by atoms with Crippen molar-refractivity contribution >= 4 is 14.2 Å². The van der Waals surface area contributed by atoms with Crippen LogP contribution in [-0.2, 0) is 18.1 Å². The topological polar surface area (TPSA) is 82.8 Å². The van der Waals surface area contributed by atoms with Crippen molar-refractivity contribution in [3.63, 3.8) is 0 Å².